The Morgan fingerprint density at radius 2 is 2.05 bits per heavy atom. The van der Waals surface area contributed by atoms with Crippen LogP contribution in [0.15, 0.2) is 0 Å². The second-order valence-electron chi connectivity index (χ2n) is 6.58. The number of β-amino-alcohol motifs (C(OH)–C–C–N with tert-alkyl or cyclic N) is 1. The summed E-state index contributed by atoms with van der Waals surface area (Å²) in [6.07, 6.45) is 4.40. The molecule has 2 fully saturated rings. The Labute approximate surface area is 122 Å². The number of likely N-dealkylation sites (N-methyl/N-ethyl adjacent to an activating group) is 1. The summed E-state index contributed by atoms with van der Waals surface area (Å²) in [6, 6.07) is 0.181. The molecular weight excluding hydrogens is 254 g/mol. The molecule has 2 saturated heterocycles. The zero-order valence-corrected chi connectivity index (χ0v) is 12.8. The molecular formula is C15H29N3O2. The number of hydrogen-bond donors (Lipinski definition) is 2. The summed E-state index contributed by atoms with van der Waals surface area (Å²) in [6.45, 7) is 3.54. The average molecular weight is 283 g/mol. The van der Waals surface area contributed by atoms with Crippen molar-refractivity contribution in [3.05, 3.63) is 0 Å². The summed E-state index contributed by atoms with van der Waals surface area (Å²) in [5.41, 5.74) is 0. The first-order valence-corrected chi connectivity index (χ1v) is 7.89. The number of carbonyl (C=O) groups is 1. The molecule has 0 aromatic heterocycles. The van der Waals surface area contributed by atoms with Gasteiger partial charge in [0.2, 0.25) is 5.91 Å². The van der Waals surface area contributed by atoms with Crippen LogP contribution in [0.3, 0.4) is 0 Å². The van der Waals surface area contributed by atoms with Crippen LogP contribution < -0.4 is 5.32 Å². The average Bonchev–Trinajstić information content (AvgIpc) is 2.77. The van der Waals surface area contributed by atoms with Gasteiger partial charge in [0.1, 0.15) is 0 Å². The van der Waals surface area contributed by atoms with E-state index in [1.807, 2.05) is 19.0 Å². The standard InChI is InChI=1S/C15H29N3O2/c1-17(2)10-13-9-14(19)11-18(13)15(20)4-3-12-5-7-16-8-6-12/h12-14,16,19H,3-11H2,1-2H3. The maximum Gasteiger partial charge on any atom is 0.222 e. The van der Waals surface area contributed by atoms with E-state index < -0.39 is 0 Å². The first-order valence-electron chi connectivity index (χ1n) is 7.89. The van der Waals surface area contributed by atoms with Crippen LogP contribution in [0.2, 0.25) is 0 Å². The Bertz CT molecular complexity index is 316. The molecule has 2 rings (SSSR count). The van der Waals surface area contributed by atoms with Crippen molar-refractivity contribution in [2.75, 3.05) is 40.3 Å². The van der Waals surface area contributed by atoms with E-state index in [1.165, 1.54) is 12.8 Å². The molecule has 20 heavy (non-hydrogen) atoms. The first kappa shape index (κ1) is 15.7. The van der Waals surface area contributed by atoms with E-state index >= 15 is 0 Å². The van der Waals surface area contributed by atoms with Crippen LogP contribution in [-0.2, 0) is 4.79 Å². The lowest BCUT2D eigenvalue weighted by Crippen LogP contribution is -2.41. The van der Waals surface area contributed by atoms with E-state index in [0.29, 0.717) is 18.9 Å². The predicted molar refractivity (Wildman–Crippen MR) is 79.5 cm³/mol. The highest BCUT2D eigenvalue weighted by molar-refractivity contribution is 5.77. The topological polar surface area (TPSA) is 55.8 Å². The van der Waals surface area contributed by atoms with E-state index in [4.69, 9.17) is 0 Å². The van der Waals surface area contributed by atoms with Crippen molar-refractivity contribution in [2.45, 2.75) is 44.2 Å². The van der Waals surface area contributed by atoms with Crippen LogP contribution in [-0.4, -0.2) is 73.2 Å². The van der Waals surface area contributed by atoms with Gasteiger partial charge in [-0.25, -0.2) is 0 Å². The van der Waals surface area contributed by atoms with Gasteiger partial charge in [-0.15, -0.1) is 0 Å². The van der Waals surface area contributed by atoms with Crippen molar-refractivity contribution >= 4 is 5.91 Å². The number of likely N-dealkylation sites (tertiary alicyclic amines) is 1. The van der Waals surface area contributed by atoms with Crippen LogP contribution in [0.25, 0.3) is 0 Å². The van der Waals surface area contributed by atoms with Crippen LogP contribution in [0, 0.1) is 5.92 Å². The van der Waals surface area contributed by atoms with Crippen molar-refractivity contribution in [3.8, 4) is 0 Å². The SMILES string of the molecule is CN(C)CC1CC(O)CN1C(=O)CCC1CCNCC1. The van der Waals surface area contributed by atoms with Crippen LogP contribution in [0.4, 0.5) is 0 Å². The molecule has 2 aliphatic heterocycles. The van der Waals surface area contributed by atoms with Gasteiger partial charge in [-0.05, 0) is 58.8 Å². The third kappa shape index (κ3) is 4.43. The molecule has 116 valence electrons. The fraction of sp³-hybridized carbons (Fsp3) is 0.933. The Morgan fingerprint density at radius 1 is 1.35 bits per heavy atom. The summed E-state index contributed by atoms with van der Waals surface area (Å²) in [5.74, 6) is 0.923. The highest BCUT2D eigenvalue weighted by Gasteiger charge is 2.34. The van der Waals surface area contributed by atoms with E-state index in [0.717, 1.165) is 32.5 Å². The van der Waals surface area contributed by atoms with Gasteiger partial charge in [-0.2, -0.15) is 0 Å². The van der Waals surface area contributed by atoms with Gasteiger partial charge in [-0.1, -0.05) is 0 Å². The van der Waals surface area contributed by atoms with E-state index in [-0.39, 0.29) is 18.1 Å². The fourth-order valence-electron chi connectivity index (χ4n) is 3.43. The Morgan fingerprint density at radius 3 is 2.70 bits per heavy atom. The van der Waals surface area contributed by atoms with Gasteiger partial charge in [0, 0.05) is 25.6 Å². The second kappa shape index (κ2) is 7.38. The van der Waals surface area contributed by atoms with Gasteiger partial charge in [0.05, 0.1) is 6.10 Å². The maximum absolute atomic E-state index is 12.4. The molecule has 0 aromatic carbocycles. The summed E-state index contributed by atoms with van der Waals surface area (Å²) in [7, 11) is 4.03. The van der Waals surface area contributed by atoms with E-state index in [2.05, 4.69) is 10.2 Å². The Kier molecular flexibility index (Phi) is 5.81. The number of amides is 1. The van der Waals surface area contributed by atoms with Crippen LogP contribution in [0.1, 0.15) is 32.1 Å². The number of hydrogen-bond acceptors (Lipinski definition) is 4. The second-order valence-corrected chi connectivity index (χ2v) is 6.58. The molecule has 2 aliphatic rings. The van der Waals surface area contributed by atoms with Crippen LogP contribution in [0.5, 0.6) is 0 Å². The third-order valence-corrected chi connectivity index (χ3v) is 4.51. The molecule has 2 heterocycles. The number of rotatable bonds is 5. The zero-order valence-electron chi connectivity index (χ0n) is 12.8. The minimum Gasteiger partial charge on any atom is -0.391 e. The molecule has 0 spiro atoms. The van der Waals surface area contributed by atoms with Crippen LogP contribution >= 0.6 is 0 Å². The molecule has 0 aliphatic carbocycles. The van der Waals surface area contributed by atoms with Crippen molar-refractivity contribution in [3.63, 3.8) is 0 Å². The van der Waals surface area contributed by atoms with E-state index in [9.17, 15) is 9.90 Å². The minimum absolute atomic E-state index is 0.181. The fourth-order valence-corrected chi connectivity index (χ4v) is 3.43. The quantitative estimate of drug-likeness (QED) is 0.761. The van der Waals surface area contributed by atoms with E-state index in [1.54, 1.807) is 0 Å². The van der Waals surface area contributed by atoms with Gasteiger partial charge < -0.3 is 20.2 Å². The molecule has 5 nitrogen and oxygen atoms in total. The lowest BCUT2D eigenvalue weighted by atomic mass is 9.93. The third-order valence-electron chi connectivity index (χ3n) is 4.51. The maximum atomic E-state index is 12.4. The van der Waals surface area contributed by atoms with Crippen molar-refractivity contribution in [1.29, 1.82) is 0 Å². The molecule has 1 amide bonds. The van der Waals surface area contributed by atoms with Gasteiger partial charge in [0.25, 0.3) is 0 Å². The largest absolute Gasteiger partial charge is 0.391 e. The molecule has 0 saturated carbocycles. The Hall–Kier alpha value is -0.650. The molecule has 0 radical (unpaired) electrons. The van der Waals surface area contributed by atoms with Gasteiger partial charge in [-0.3, -0.25) is 4.79 Å². The van der Waals surface area contributed by atoms with Gasteiger partial charge >= 0.3 is 0 Å². The smallest absolute Gasteiger partial charge is 0.222 e. The highest BCUT2D eigenvalue weighted by atomic mass is 16.3. The molecule has 2 atom stereocenters. The Balaban J connectivity index is 1.80. The molecule has 5 heteroatoms. The summed E-state index contributed by atoms with van der Waals surface area (Å²) in [5, 5.41) is 13.2. The summed E-state index contributed by atoms with van der Waals surface area (Å²) < 4.78 is 0. The summed E-state index contributed by atoms with van der Waals surface area (Å²) >= 11 is 0. The molecule has 0 bridgehead atoms. The molecule has 0 aromatic rings. The molecule has 2 N–H and O–H groups in total. The lowest BCUT2D eigenvalue weighted by molar-refractivity contribution is -0.132. The number of aliphatic hydroxyl groups is 1. The summed E-state index contributed by atoms with van der Waals surface area (Å²) in [4.78, 5) is 16.4. The molecule has 2 unspecified atom stereocenters. The monoisotopic (exact) mass is 283 g/mol. The predicted octanol–water partition coefficient (Wildman–Crippen LogP) is 0.290. The number of piperidine rings is 1. The number of aliphatic hydroxyl groups excluding tert-OH is 1. The number of nitrogens with zero attached hydrogens (tertiary/aromatic N) is 2. The zero-order chi connectivity index (χ0) is 14.5. The first-order chi connectivity index (χ1) is 9.56. The van der Waals surface area contributed by atoms with Crippen molar-refractivity contribution in [2.24, 2.45) is 5.92 Å². The highest BCUT2D eigenvalue weighted by Crippen LogP contribution is 2.23. The van der Waals surface area contributed by atoms with Crippen molar-refractivity contribution in [1.82, 2.24) is 15.1 Å². The van der Waals surface area contributed by atoms with Crippen molar-refractivity contribution < 1.29 is 9.90 Å². The lowest BCUT2D eigenvalue weighted by Gasteiger charge is -2.28. The number of carbonyl (C=O) groups excluding carboxylic acids is 1. The normalized spacial score (nSPS) is 28.3. The number of nitrogens with one attached hydrogen (secondary N) is 1. The van der Waals surface area contributed by atoms with Gasteiger partial charge in [0.15, 0.2) is 0 Å². The minimum atomic E-state index is -0.345.